The molecule has 3 rings (SSSR count). The Bertz CT molecular complexity index is 657. The summed E-state index contributed by atoms with van der Waals surface area (Å²) in [4.78, 5) is 2.38. The Morgan fingerprint density at radius 1 is 1.00 bits per heavy atom. The van der Waals surface area contributed by atoms with Crippen LogP contribution in [0.5, 0.6) is 11.5 Å². The molecule has 0 radical (unpaired) electrons. The van der Waals surface area contributed by atoms with Crippen LogP contribution in [0.1, 0.15) is 12.0 Å². The van der Waals surface area contributed by atoms with Crippen molar-refractivity contribution in [2.45, 2.75) is 18.9 Å². The molecular weight excluding hydrogens is 300 g/mol. The Hall–Kier alpha value is -2.20. The van der Waals surface area contributed by atoms with Crippen LogP contribution in [0.4, 0.5) is 5.69 Å². The van der Waals surface area contributed by atoms with Crippen LogP contribution in [0, 0.1) is 5.92 Å². The van der Waals surface area contributed by atoms with Crippen LogP contribution in [0.3, 0.4) is 0 Å². The summed E-state index contributed by atoms with van der Waals surface area (Å²) in [6.07, 6.45) is 2.10. The van der Waals surface area contributed by atoms with Gasteiger partial charge in [0.1, 0.15) is 11.5 Å². The number of nitrogens with zero attached hydrogens (tertiary/aromatic N) is 1. The van der Waals surface area contributed by atoms with Crippen LogP contribution in [0.25, 0.3) is 0 Å². The molecule has 0 saturated carbocycles. The lowest BCUT2D eigenvalue weighted by molar-refractivity contribution is 0.373. The maximum atomic E-state index is 6.33. The predicted octanol–water partition coefficient (Wildman–Crippen LogP) is 3.10. The van der Waals surface area contributed by atoms with E-state index in [0.29, 0.717) is 5.92 Å². The van der Waals surface area contributed by atoms with E-state index in [1.54, 1.807) is 14.2 Å². The van der Waals surface area contributed by atoms with Gasteiger partial charge >= 0.3 is 0 Å². The van der Waals surface area contributed by atoms with Crippen LogP contribution < -0.4 is 20.1 Å². The normalized spacial score (nSPS) is 20.7. The maximum Gasteiger partial charge on any atom is 0.120 e. The standard InChI is InChI=1S/C20H26N2O2/c1-23-19-8-6-15(7-9-19)10-16-11-17(21)14-22(13-16)18-4-3-5-20(12-18)24-2/h3-9,12,16-17H,10-11,13-14,21H2,1-2H3. The van der Waals surface area contributed by atoms with E-state index in [1.807, 2.05) is 24.3 Å². The highest BCUT2D eigenvalue weighted by Crippen LogP contribution is 2.28. The Morgan fingerprint density at radius 2 is 1.75 bits per heavy atom. The largest absolute Gasteiger partial charge is 0.497 e. The summed E-state index contributed by atoms with van der Waals surface area (Å²) in [5.74, 6) is 2.34. The summed E-state index contributed by atoms with van der Waals surface area (Å²) in [6, 6.07) is 16.8. The van der Waals surface area contributed by atoms with Gasteiger partial charge in [0, 0.05) is 30.9 Å². The zero-order valence-electron chi connectivity index (χ0n) is 14.4. The van der Waals surface area contributed by atoms with E-state index in [1.165, 1.54) is 11.3 Å². The van der Waals surface area contributed by atoms with Gasteiger partial charge in [-0.25, -0.2) is 0 Å². The van der Waals surface area contributed by atoms with E-state index in [2.05, 4.69) is 29.2 Å². The summed E-state index contributed by atoms with van der Waals surface area (Å²) in [5.41, 5.74) is 8.85. The van der Waals surface area contributed by atoms with Crippen LogP contribution >= 0.6 is 0 Å². The molecule has 128 valence electrons. The first kappa shape index (κ1) is 16.7. The van der Waals surface area contributed by atoms with Crippen LogP contribution in [-0.4, -0.2) is 33.4 Å². The molecule has 0 spiro atoms. The molecule has 0 amide bonds. The predicted molar refractivity (Wildman–Crippen MR) is 98.0 cm³/mol. The first-order valence-electron chi connectivity index (χ1n) is 8.45. The lowest BCUT2D eigenvalue weighted by Gasteiger charge is -2.38. The molecular formula is C20H26N2O2. The molecule has 2 aromatic carbocycles. The SMILES string of the molecule is COc1ccc(CC2CC(N)CN(c3cccc(OC)c3)C2)cc1. The second kappa shape index (κ2) is 7.58. The molecule has 4 nitrogen and oxygen atoms in total. The Labute approximate surface area is 144 Å². The van der Waals surface area contributed by atoms with E-state index in [9.17, 15) is 0 Å². The van der Waals surface area contributed by atoms with Crippen molar-refractivity contribution in [1.82, 2.24) is 0 Å². The van der Waals surface area contributed by atoms with Gasteiger partial charge in [-0.05, 0) is 48.6 Å². The molecule has 2 N–H and O–H groups in total. The van der Waals surface area contributed by atoms with Gasteiger partial charge in [0.05, 0.1) is 14.2 Å². The number of methoxy groups -OCH3 is 2. The Kier molecular flexibility index (Phi) is 5.26. The van der Waals surface area contributed by atoms with E-state index in [4.69, 9.17) is 15.2 Å². The second-order valence-corrected chi connectivity index (χ2v) is 6.52. The van der Waals surface area contributed by atoms with Crippen LogP contribution in [0.15, 0.2) is 48.5 Å². The lowest BCUT2D eigenvalue weighted by atomic mass is 9.88. The molecule has 0 bridgehead atoms. The van der Waals surface area contributed by atoms with E-state index >= 15 is 0 Å². The third-order valence-electron chi connectivity index (χ3n) is 4.67. The van der Waals surface area contributed by atoms with Gasteiger partial charge in [0.2, 0.25) is 0 Å². The Morgan fingerprint density at radius 3 is 2.46 bits per heavy atom. The number of hydrogen-bond acceptors (Lipinski definition) is 4. The number of piperidine rings is 1. The summed E-state index contributed by atoms with van der Waals surface area (Å²) >= 11 is 0. The fraction of sp³-hybridized carbons (Fsp3) is 0.400. The van der Waals surface area contributed by atoms with Crippen molar-refractivity contribution in [2.24, 2.45) is 11.7 Å². The molecule has 24 heavy (non-hydrogen) atoms. The molecule has 4 heteroatoms. The van der Waals surface area contributed by atoms with Gasteiger partial charge in [0.25, 0.3) is 0 Å². The smallest absolute Gasteiger partial charge is 0.120 e. The van der Waals surface area contributed by atoms with Gasteiger partial charge in [-0.3, -0.25) is 0 Å². The molecule has 2 atom stereocenters. The number of nitrogens with two attached hydrogens (primary N) is 1. The van der Waals surface area contributed by atoms with Crippen molar-refractivity contribution in [3.8, 4) is 11.5 Å². The van der Waals surface area contributed by atoms with E-state index in [0.717, 1.165) is 37.4 Å². The molecule has 1 saturated heterocycles. The maximum absolute atomic E-state index is 6.33. The number of anilines is 1. The molecule has 1 heterocycles. The van der Waals surface area contributed by atoms with Crippen LogP contribution in [0.2, 0.25) is 0 Å². The third kappa shape index (κ3) is 4.01. The molecule has 0 aliphatic carbocycles. The van der Waals surface area contributed by atoms with Crippen molar-refractivity contribution in [3.05, 3.63) is 54.1 Å². The first-order chi connectivity index (χ1) is 11.7. The van der Waals surface area contributed by atoms with Gasteiger partial charge in [0.15, 0.2) is 0 Å². The summed E-state index contributed by atoms with van der Waals surface area (Å²) < 4.78 is 10.6. The van der Waals surface area contributed by atoms with Crippen molar-refractivity contribution in [3.63, 3.8) is 0 Å². The van der Waals surface area contributed by atoms with E-state index in [-0.39, 0.29) is 6.04 Å². The molecule has 2 unspecified atom stereocenters. The average molecular weight is 326 g/mol. The minimum absolute atomic E-state index is 0.202. The molecule has 1 aliphatic rings. The van der Waals surface area contributed by atoms with Crippen molar-refractivity contribution in [1.29, 1.82) is 0 Å². The first-order valence-corrected chi connectivity index (χ1v) is 8.45. The second-order valence-electron chi connectivity index (χ2n) is 6.52. The zero-order valence-corrected chi connectivity index (χ0v) is 14.4. The highest BCUT2D eigenvalue weighted by atomic mass is 16.5. The fourth-order valence-corrected chi connectivity index (χ4v) is 3.51. The van der Waals surface area contributed by atoms with Gasteiger partial charge in [-0.15, -0.1) is 0 Å². The topological polar surface area (TPSA) is 47.7 Å². The molecule has 1 aliphatic heterocycles. The number of benzene rings is 2. The minimum Gasteiger partial charge on any atom is -0.497 e. The number of hydrogen-bond donors (Lipinski definition) is 1. The highest BCUT2D eigenvalue weighted by Gasteiger charge is 2.25. The van der Waals surface area contributed by atoms with E-state index < -0.39 is 0 Å². The van der Waals surface area contributed by atoms with Gasteiger partial charge in [-0.1, -0.05) is 18.2 Å². The lowest BCUT2D eigenvalue weighted by Crippen LogP contribution is -2.47. The number of ether oxygens (including phenoxy) is 2. The molecule has 0 aromatic heterocycles. The summed E-state index contributed by atoms with van der Waals surface area (Å²) in [7, 11) is 3.40. The fourth-order valence-electron chi connectivity index (χ4n) is 3.51. The van der Waals surface area contributed by atoms with Crippen LogP contribution in [-0.2, 0) is 6.42 Å². The van der Waals surface area contributed by atoms with Gasteiger partial charge in [-0.2, -0.15) is 0 Å². The minimum atomic E-state index is 0.202. The average Bonchev–Trinajstić information content (AvgIpc) is 2.62. The van der Waals surface area contributed by atoms with Gasteiger partial charge < -0.3 is 20.1 Å². The molecule has 1 fully saturated rings. The van der Waals surface area contributed by atoms with Crippen molar-refractivity contribution < 1.29 is 9.47 Å². The van der Waals surface area contributed by atoms with Crippen molar-refractivity contribution >= 4 is 5.69 Å². The Balaban J connectivity index is 1.70. The third-order valence-corrected chi connectivity index (χ3v) is 4.67. The zero-order chi connectivity index (χ0) is 16.9. The van der Waals surface area contributed by atoms with Crippen molar-refractivity contribution in [2.75, 3.05) is 32.2 Å². The summed E-state index contributed by atoms with van der Waals surface area (Å²) in [6.45, 7) is 1.92. The quantitative estimate of drug-likeness (QED) is 0.917. The number of rotatable bonds is 5. The summed E-state index contributed by atoms with van der Waals surface area (Å²) in [5, 5.41) is 0. The monoisotopic (exact) mass is 326 g/mol. The molecule has 2 aromatic rings. The highest BCUT2D eigenvalue weighted by molar-refractivity contribution is 5.51.